The maximum Gasteiger partial charge on any atom is 0.354 e. The van der Waals surface area contributed by atoms with Gasteiger partial charge in [-0.15, -0.1) is 0 Å². The van der Waals surface area contributed by atoms with Gasteiger partial charge in [-0.05, 0) is 29.4 Å². The van der Waals surface area contributed by atoms with Gasteiger partial charge in [-0.25, -0.2) is 0 Å². The predicted octanol–water partition coefficient (Wildman–Crippen LogP) is 3.74. The van der Waals surface area contributed by atoms with Crippen molar-refractivity contribution in [3.05, 3.63) is 0 Å². The van der Waals surface area contributed by atoms with Gasteiger partial charge < -0.3 is 5.11 Å². The number of halogens is 5. The first-order chi connectivity index (χ1) is 6.91. The zero-order valence-electron chi connectivity index (χ0n) is 8.61. The zero-order valence-corrected chi connectivity index (χ0v) is 10.9. The summed E-state index contributed by atoms with van der Waals surface area (Å²) in [7, 11) is 0. The fourth-order valence-corrected chi connectivity index (χ4v) is 2.42. The number of carboxylic acid groups (broad SMARTS) is 1. The molecule has 2 atom stereocenters. The number of hydrogen-bond acceptors (Lipinski definition) is 1. The van der Waals surface area contributed by atoms with Gasteiger partial charge in [-0.3, -0.25) is 4.79 Å². The summed E-state index contributed by atoms with van der Waals surface area (Å²) in [5.41, 5.74) is -0.580. The molecule has 0 heterocycles. The molecule has 1 aliphatic rings. The molecule has 0 aliphatic heterocycles. The summed E-state index contributed by atoms with van der Waals surface area (Å²) >= 11 is 15.6. The third-order valence-electron chi connectivity index (χ3n) is 3.21. The lowest BCUT2D eigenvalue weighted by Crippen LogP contribution is -2.34. The van der Waals surface area contributed by atoms with E-state index in [0.717, 1.165) is 0 Å². The van der Waals surface area contributed by atoms with Crippen LogP contribution >= 0.6 is 34.8 Å². The van der Waals surface area contributed by atoms with Crippen LogP contribution in [0.5, 0.6) is 0 Å². The molecule has 0 aromatic rings. The highest BCUT2D eigenvalue weighted by Crippen LogP contribution is 2.64. The van der Waals surface area contributed by atoms with Gasteiger partial charge in [0, 0.05) is 0 Å². The lowest BCUT2D eigenvalue weighted by molar-refractivity contribution is -0.139. The van der Waals surface area contributed by atoms with Crippen LogP contribution in [0, 0.1) is 17.3 Å². The molecular weight excluding hydrogens is 284 g/mol. The molecule has 7 heteroatoms. The van der Waals surface area contributed by atoms with Gasteiger partial charge in [0.25, 0.3) is 0 Å². The molecule has 0 aromatic heterocycles. The average molecular weight is 296 g/mol. The summed E-state index contributed by atoms with van der Waals surface area (Å²) in [5.74, 6) is -2.23. The molecule has 0 bridgehead atoms. The number of carbonyl (C=O) groups is 1. The minimum atomic E-state index is -3.78. The van der Waals surface area contributed by atoms with E-state index in [1.807, 2.05) is 0 Å². The van der Waals surface area contributed by atoms with Gasteiger partial charge in [-0.1, -0.05) is 37.0 Å². The second-order valence-corrected chi connectivity index (χ2v) is 6.61. The Morgan fingerprint density at radius 1 is 1.38 bits per heavy atom. The molecule has 16 heavy (non-hydrogen) atoms. The molecule has 2 nitrogen and oxygen atoms in total. The van der Waals surface area contributed by atoms with Crippen molar-refractivity contribution in [2.75, 3.05) is 0 Å². The molecule has 1 N–H and O–H groups in total. The predicted molar refractivity (Wildman–Crippen MR) is 58.3 cm³/mol. The van der Waals surface area contributed by atoms with Crippen LogP contribution in [0.15, 0.2) is 0 Å². The van der Waals surface area contributed by atoms with Gasteiger partial charge in [0.15, 0.2) is 4.33 Å². The van der Waals surface area contributed by atoms with E-state index in [-0.39, 0.29) is 6.42 Å². The van der Waals surface area contributed by atoms with E-state index in [9.17, 15) is 13.6 Å². The lowest BCUT2D eigenvalue weighted by Gasteiger charge is -2.24. The zero-order chi connectivity index (χ0) is 12.9. The van der Waals surface area contributed by atoms with Crippen LogP contribution in [0.4, 0.5) is 8.78 Å². The van der Waals surface area contributed by atoms with E-state index < -0.39 is 32.9 Å². The minimum Gasteiger partial charge on any atom is -0.481 e. The summed E-state index contributed by atoms with van der Waals surface area (Å²) in [6, 6.07) is 0. The first kappa shape index (κ1) is 14.3. The largest absolute Gasteiger partial charge is 0.481 e. The van der Waals surface area contributed by atoms with Crippen LogP contribution in [-0.4, -0.2) is 20.8 Å². The van der Waals surface area contributed by atoms with E-state index in [0.29, 0.717) is 0 Å². The summed E-state index contributed by atoms with van der Waals surface area (Å²) in [6.45, 7) is 3.35. The first-order valence-corrected chi connectivity index (χ1v) is 5.72. The highest BCUT2D eigenvalue weighted by molar-refractivity contribution is 6.52. The Morgan fingerprint density at radius 2 is 1.81 bits per heavy atom. The van der Waals surface area contributed by atoms with Crippen molar-refractivity contribution in [1.29, 1.82) is 0 Å². The Bertz CT molecular complexity index is 312. The lowest BCUT2D eigenvalue weighted by atomic mass is 10.1. The Hall–Kier alpha value is 0.200. The van der Waals surface area contributed by atoms with Crippen molar-refractivity contribution >= 4 is 40.8 Å². The van der Waals surface area contributed by atoms with E-state index in [1.54, 1.807) is 13.8 Å². The van der Waals surface area contributed by atoms with Crippen molar-refractivity contribution in [2.45, 2.75) is 30.0 Å². The third kappa shape index (κ3) is 2.39. The molecule has 1 rings (SSSR count). The van der Waals surface area contributed by atoms with Gasteiger partial charge in [0.1, 0.15) is 0 Å². The van der Waals surface area contributed by atoms with Crippen molar-refractivity contribution in [2.24, 2.45) is 17.3 Å². The van der Waals surface area contributed by atoms with Gasteiger partial charge in [-0.2, -0.15) is 8.78 Å². The molecule has 0 amide bonds. The maximum absolute atomic E-state index is 12.8. The van der Waals surface area contributed by atoms with Crippen molar-refractivity contribution in [3.8, 4) is 0 Å². The van der Waals surface area contributed by atoms with Gasteiger partial charge >= 0.3 is 11.4 Å². The fourth-order valence-electron chi connectivity index (χ4n) is 2.01. The summed E-state index contributed by atoms with van der Waals surface area (Å²) < 4.78 is 23.2. The Kier molecular flexibility index (Phi) is 3.44. The molecule has 2 unspecified atom stereocenters. The second kappa shape index (κ2) is 3.85. The number of aliphatic carboxylic acids is 1. The Labute approximate surface area is 107 Å². The second-order valence-electron chi connectivity index (χ2n) is 4.65. The Morgan fingerprint density at radius 3 is 2.06 bits per heavy atom. The SMILES string of the molecule is CC1(C)C(CC(Cl)(Cl)C(F)(F)Cl)C1C(=O)O. The number of hydrogen-bond donors (Lipinski definition) is 1. The number of carboxylic acids is 1. The van der Waals surface area contributed by atoms with Crippen molar-refractivity contribution in [3.63, 3.8) is 0 Å². The topological polar surface area (TPSA) is 37.3 Å². The van der Waals surface area contributed by atoms with Crippen molar-refractivity contribution in [1.82, 2.24) is 0 Å². The molecule has 0 saturated heterocycles. The van der Waals surface area contributed by atoms with E-state index in [4.69, 9.17) is 39.9 Å². The average Bonchev–Trinajstić information content (AvgIpc) is 2.49. The highest BCUT2D eigenvalue weighted by Gasteiger charge is 2.66. The van der Waals surface area contributed by atoms with Crippen LogP contribution < -0.4 is 0 Å². The number of rotatable bonds is 4. The van der Waals surface area contributed by atoms with Crippen LogP contribution in [-0.2, 0) is 4.79 Å². The molecule has 1 saturated carbocycles. The number of alkyl halides is 5. The Balaban J connectivity index is 2.75. The van der Waals surface area contributed by atoms with E-state index in [2.05, 4.69) is 0 Å². The van der Waals surface area contributed by atoms with Crippen LogP contribution in [0.2, 0.25) is 0 Å². The highest BCUT2D eigenvalue weighted by atomic mass is 35.5. The normalized spacial score (nSPS) is 28.9. The standard InChI is InChI=1S/C9H11Cl3F2O2/c1-7(2)4(5(7)6(15)16)3-8(10,11)9(12,13)14/h4-5H,3H2,1-2H3,(H,15,16). The van der Waals surface area contributed by atoms with Crippen molar-refractivity contribution < 1.29 is 18.7 Å². The quantitative estimate of drug-likeness (QED) is 0.802. The summed E-state index contributed by atoms with van der Waals surface area (Å²) in [4.78, 5) is 10.8. The van der Waals surface area contributed by atoms with Gasteiger partial charge in [0.2, 0.25) is 0 Å². The van der Waals surface area contributed by atoms with E-state index >= 15 is 0 Å². The van der Waals surface area contributed by atoms with Crippen LogP contribution in [0.3, 0.4) is 0 Å². The third-order valence-corrected chi connectivity index (χ3v) is 4.51. The minimum absolute atomic E-state index is 0.351. The molecule has 94 valence electrons. The molecular formula is C9H11Cl3F2O2. The molecule has 0 spiro atoms. The van der Waals surface area contributed by atoms with Crippen LogP contribution in [0.25, 0.3) is 0 Å². The molecule has 0 aromatic carbocycles. The molecule has 0 radical (unpaired) electrons. The summed E-state index contributed by atoms with van der Waals surface area (Å²) in [6.07, 6.45) is -0.351. The van der Waals surface area contributed by atoms with E-state index in [1.165, 1.54) is 0 Å². The molecule has 1 fully saturated rings. The molecule has 1 aliphatic carbocycles. The fraction of sp³-hybridized carbons (Fsp3) is 0.889. The maximum atomic E-state index is 12.8. The monoisotopic (exact) mass is 294 g/mol. The van der Waals surface area contributed by atoms with Gasteiger partial charge in [0.05, 0.1) is 5.92 Å². The first-order valence-electron chi connectivity index (χ1n) is 4.58. The summed E-state index contributed by atoms with van der Waals surface area (Å²) in [5, 5.41) is 5.07. The smallest absolute Gasteiger partial charge is 0.354 e. The van der Waals surface area contributed by atoms with Crippen LogP contribution in [0.1, 0.15) is 20.3 Å².